The summed E-state index contributed by atoms with van der Waals surface area (Å²) in [5.41, 5.74) is 0. The molecule has 2 aliphatic heterocycles. The second kappa shape index (κ2) is 8.67. The van der Waals surface area contributed by atoms with Crippen LogP contribution >= 0.6 is 0 Å². The van der Waals surface area contributed by atoms with Crippen molar-refractivity contribution >= 4 is 23.6 Å². The van der Waals surface area contributed by atoms with Gasteiger partial charge >= 0.3 is 0 Å². The highest BCUT2D eigenvalue weighted by Gasteiger charge is 2.58. The number of rotatable bonds is 8. The fourth-order valence-corrected chi connectivity index (χ4v) is 6.91. The van der Waals surface area contributed by atoms with E-state index < -0.39 is 23.7 Å². The van der Waals surface area contributed by atoms with E-state index in [9.17, 15) is 19.2 Å². The maximum Gasteiger partial charge on any atom is 0.233 e. The zero-order chi connectivity index (χ0) is 25.3. The Kier molecular flexibility index (Phi) is 4.97. The van der Waals surface area contributed by atoms with Gasteiger partial charge in [0.25, 0.3) is 0 Å². The van der Waals surface area contributed by atoms with Crippen LogP contribution in [-0.4, -0.2) is 46.5 Å². The van der Waals surface area contributed by atoms with Crippen molar-refractivity contribution in [2.24, 2.45) is 47.3 Å². The van der Waals surface area contributed by atoms with Crippen molar-refractivity contribution < 1.29 is 24.7 Å². The first-order chi connectivity index (χ1) is 16.9. The first-order valence-electron chi connectivity index (χ1n) is 14.6. The van der Waals surface area contributed by atoms with Gasteiger partial charge in [-0.2, -0.15) is 0 Å². The molecular formula is C25H38N2O4. The van der Waals surface area contributed by atoms with Gasteiger partial charge in [-0.15, -0.1) is 0 Å². The molecule has 2 saturated carbocycles. The Morgan fingerprint density at radius 2 is 0.903 bits per heavy atom. The molecule has 8 atom stereocenters. The van der Waals surface area contributed by atoms with Crippen LogP contribution in [0.2, 0.25) is 0 Å². The lowest BCUT2D eigenvalue weighted by atomic mass is 9.88. The molecule has 0 aromatic heterocycles. The molecule has 0 aromatic rings. The van der Waals surface area contributed by atoms with E-state index in [0.29, 0.717) is 32.1 Å². The van der Waals surface area contributed by atoms with E-state index in [0.717, 1.165) is 12.8 Å². The summed E-state index contributed by atoms with van der Waals surface area (Å²) in [4.78, 5) is 55.4. The number of amides is 4. The second-order valence-electron chi connectivity index (χ2n) is 9.78. The molecule has 0 bridgehead atoms. The van der Waals surface area contributed by atoms with E-state index >= 15 is 0 Å². The summed E-state index contributed by atoms with van der Waals surface area (Å²) in [6, 6.07) is 0. The normalized spacial score (nSPS) is 41.4. The quantitative estimate of drug-likeness (QED) is 0.544. The third kappa shape index (κ3) is 3.36. The average molecular weight is 439 g/mol. The molecule has 4 fully saturated rings. The monoisotopic (exact) mass is 438 g/mol. The van der Waals surface area contributed by atoms with Gasteiger partial charge in [-0.3, -0.25) is 29.0 Å². The van der Waals surface area contributed by atoms with E-state index in [1.54, 1.807) is 0 Å². The van der Waals surface area contributed by atoms with Gasteiger partial charge in [0.2, 0.25) is 23.6 Å². The van der Waals surface area contributed by atoms with E-state index in [-0.39, 0.29) is 88.0 Å². The van der Waals surface area contributed by atoms with Gasteiger partial charge in [0.05, 0.1) is 23.7 Å². The predicted octanol–water partition coefficient (Wildman–Crippen LogP) is 3.49. The zero-order valence-corrected chi connectivity index (χ0v) is 18.3. The Bertz CT molecular complexity index is 716. The number of imide groups is 2. The molecule has 4 amide bonds. The number of carbonyl (C=O) groups excluding carboxylic acids is 4. The standard InChI is InChI=1S/C25H38N2O4/c1-5-14-12-15(6-2)19-18(14)22(28)26(23(19)29)10-9-11-27-24(30)20-16(7-3)13-17(8-4)21(20)25(27)31/h14-21H,5-13H2,1-4H3/i1T,2T,3T,4T. The van der Waals surface area contributed by atoms with E-state index in [1.807, 2.05) is 0 Å². The summed E-state index contributed by atoms with van der Waals surface area (Å²) in [5, 5.41) is 0. The zero-order valence-electron chi connectivity index (χ0n) is 22.3. The summed E-state index contributed by atoms with van der Waals surface area (Å²) in [6.45, 7) is 1.20. The Morgan fingerprint density at radius 1 is 0.613 bits per heavy atom. The van der Waals surface area contributed by atoms with E-state index in [2.05, 4.69) is 0 Å². The van der Waals surface area contributed by atoms with Crippen molar-refractivity contribution in [1.82, 2.24) is 9.80 Å². The summed E-state index contributed by atoms with van der Waals surface area (Å²) in [7, 11) is 0. The molecule has 31 heavy (non-hydrogen) atoms. The van der Waals surface area contributed by atoms with E-state index in [1.165, 1.54) is 9.80 Å². The van der Waals surface area contributed by atoms with Gasteiger partial charge in [-0.1, -0.05) is 53.3 Å². The number of fused-ring (bicyclic) bond motifs is 2. The topological polar surface area (TPSA) is 74.8 Å². The molecule has 2 heterocycles. The maximum absolute atomic E-state index is 13.2. The third-order valence-corrected chi connectivity index (χ3v) is 8.47. The summed E-state index contributed by atoms with van der Waals surface area (Å²) in [5.74, 6) is -2.27. The molecule has 0 N–H and O–H groups in total. The molecule has 172 valence electrons. The molecule has 8 unspecified atom stereocenters. The Balaban J connectivity index is 1.40. The van der Waals surface area contributed by atoms with Crippen LogP contribution in [0.3, 0.4) is 0 Å². The Labute approximate surface area is 191 Å². The average Bonchev–Trinajstić information content (AvgIpc) is 3.50. The van der Waals surface area contributed by atoms with Gasteiger partial charge in [-0.25, -0.2) is 0 Å². The largest absolute Gasteiger partial charge is 0.282 e. The number of likely N-dealkylation sites (tertiary alicyclic amines) is 2. The molecular weight excluding hydrogens is 392 g/mol. The van der Waals surface area contributed by atoms with Gasteiger partial charge in [-0.05, 0) is 42.9 Å². The van der Waals surface area contributed by atoms with Gasteiger partial charge in [0.15, 0.2) is 0 Å². The summed E-state index contributed by atoms with van der Waals surface area (Å²) >= 11 is 0. The van der Waals surface area contributed by atoms with Crippen LogP contribution in [0.15, 0.2) is 0 Å². The molecule has 4 aliphatic rings. The van der Waals surface area contributed by atoms with Gasteiger partial charge < -0.3 is 0 Å². The second-order valence-corrected chi connectivity index (χ2v) is 9.78. The third-order valence-electron chi connectivity index (χ3n) is 8.47. The number of carbonyl (C=O) groups is 4. The highest BCUT2D eigenvalue weighted by molar-refractivity contribution is 6.06. The number of nitrogens with zero attached hydrogens (tertiary/aromatic N) is 2. The minimum absolute atomic E-state index is 0.0135. The Morgan fingerprint density at radius 3 is 1.16 bits per heavy atom. The van der Waals surface area contributed by atoms with Crippen LogP contribution in [0, 0.1) is 47.3 Å². The van der Waals surface area contributed by atoms with Crippen LogP contribution in [-0.2, 0) is 19.2 Å². The van der Waals surface area contributed by atoms with Crippen LogP contribution in [0.25, 0.3) is 0 Å². The SMILES string of the molecule is [3H]CCC1CC(CC[3H])C2C(=O)N(CCCN3C(=O)C4C(CC[3H])CC(CC[3H])C4C3=O)C(=O)C12. The first kappa shape index (κ1) is 17.8. The van der Waals surface area contributed by atoms with Crippen LogP contribution in [0.5, 0.6) is 0 Å². The highest BCUT2D eigenvalue weighted by Crippen LogP contribution is 2.51. The lowest BCUT2D eigenvalue weighted by molar-refractivity contribution is -0.141. The van der Waals surface area contributed by atoms with Crippen molar-refractivity contribution in [1.29, 1.82) is 0 Å². The van der Waals surface area contributed by atoms with Crippen molar-refractivity contribution in [3.8, 4) is 0 Å². The lowest BCUT2D eigenvalue weighted by Gasteiger charge is -2.23. The van der Waals surface area contributed by atoms with Gasteiger partial charge in [0, 0.05) is 18.6 Å². The maximum atomic E-state index is 13.2. The fourth-order valence-electron chi connectivity index (χ4n) is 6.91. The highest BCUT2D eigenvalue weighted by atomic mass is 16.2. The summed E-state index contributed by atoms with van der Waals surface area (Å²) in [6.07, 6.45) is 4.14. The fraction of sp³-hybridized carbons (Fsp3) is 0.840. The van der Waals surface area contributed by atoms with Crippen LogP contribution < -0.4 is 0 Å². The molecule has 0 spiro atoms. The minimum atomic E-state index is -0.393. The molecule has 2 saturated heterocycles. The number of hydrogen-bond acceptors (Lipinski definition) is 4. The minimum Gasteiger partial charge on any atom is -0.282 e. The molecule has 0 aromatic carbocycles. The Hall–Kier alpha value is -1.72. The molecule has 6 nitrogen and oxygen atoms in total. The van der Waals surface area contributed by atoms with E-state index in [4.69, 9.17) is 5.48 Å². The molecule has 2 aliphatic carbocycles. The summed E-state index contributed by atoms with van der Waals surface area (Å²) < 4.78 is 30.4. The molecule has 4 rings (SSSR count). The van der Waals surface area contributed by atoms with Gasteiger partial charge in [0.1, 0.15) is 0 Å². The number of hydrogen-bond donors (Lipinski definition) is 0. The van der Waals surface area contributed by atoms with Crippen LogP contribution in [0.4, 0.5) is 0 Å². The first-order valence-corrected chi connectivity index (χ1v) is 11.8. The van der Waals surface area contributed by atoms with Crippen molar-refractivity contribution in [3.63, 3.8) is 0 Å². The van der Waals surface area contributed by atoms with Crippen molar-refractivity contribution in [2.45, 2.75) is 72.5 Å². The lowest BCUT2D eigenvalue weighted by Crippen LogP contribution is -2.38. The van der Waals surface area contributed by atoms with Crippen molar-refractivity contribution in [3.05, 3.63) is 0 Å². The van der Waals surface area contributed by atoms with Crippen molar-refractivity contribution in [2.75, 3.05) is 13.1 Å². The molecule has 0 radical (unpaired) electrons. The molecule has 6 heteroatoms. The van der Waals surface area contributed by atoms with Crippen LogP contribution in [0.1, 0.15) is 78.0 Å². The smallest absolute Gasteiger partial charge is 0.233 e. The predicted molar refractivity (Wildman–Crippen MR) is 116 cm³/mol.